The molecule has 2 aromatic rings. The molecular formula is C25H33N3O5S. The monoisotopic (exact) mass is 487 g/mol. The Kier molecular flexibility index (Phi) is 7.99. The largest absolute Gasteiger partial charge is 0.449 e. The first-order chi connectivity index (χ1) is 16.0. The number of thiophene rings is 1. The summed E-state index contributed by atoms with van der Waals surface area (Å²) in [5.41, 5.74) is 2.08. The van der Waals surface area contributed by atoms with Gasteiger partial charge < -0.3 is 25.0 Å². The van der Waals surface area contributed by atoms with E-state index in [4.69, 9.17) is 9.47 Å². The van der Waals surface area contributed by atoms with Crippen LogP contribution in [0.5, 0.6) is 0 Å². The van der Waals surface area contributed by atoms with Gasteiger partial charge in [-0.25, -0.2) is 4.79 Å². The number of esters is 1. The van der Waals surface area contributed by atoms with Crippen molar-refractivity contribution in [3.63, 3.8) is 0 Å². The van der Waals surface area contributed by atoms with Crippen molar-refractivity contribution >= 4 is 45.5 Å². The van der Waals surface area contributed by atoms with Crippen LogP contribution in [0.2, 0.25) is 0 Å². The first kappa shape index (κ1) is 25.7. The van der Waals surface area contributed by atoms with Crippen LogP contribution in [0, 0.1) is 19.3 Å². The van der Waals surface area contributed by atoms with Crippen molar-refractivity contribution in [2.75, 3.05) is 41.8 Å². The number of benzene rings is 1. The van der Waals surface area contributed by atoms with E-state index in [0.717, 1.165) is 29.2 Å². The number of hydrogen-bond acceptors (Lipinski definition) is 7. The van der Waals surface area contributed by atoms with Gasteiger partial charge in [0.1, 0.15) is 5.00 Å². The molecule has 1 aliphatic heterocycles. The molecule has 1 unspecified atom stereocenters. The molecule has 8 nitrogen and oxygen atoms in total. The molecular weight excluding hydrogens is 454 g/mol. The van der Waals surface area contributed by atoms with Gasteiger partial charge >= 0.3 is 5.97 Å². The van der Waals surface area contributed by atoms with Gasteiger partial charge in [0.25, 0.3) is 5.91 Å². The van der Waals surface area contributed by atoms with Crippen LogP contribution in [0.15, 0.2) is 24.3 Å². The number of rotatable bonds is 6. The van der Waals surface area contributed by atoms with Crippen LogP contribution in [0.1, 0.15) is 48.5 Å². The van der Waals surface area contributed by atoms with Crippen LogP contribution >= 0.6 is 11.3 Å². The molecule has 9 heteroatoms. The molecule has 1 atom stereocenters. The van der Waals surface area contributed by atoms with Gasteiger partial charge in [-0.05, 0) is 50.6 Å². The van der Waals surface area contributed by atoms with Crippen molar-refractivity contribution < 1.29 is 23.9 Å². The van der Waals surface area contributed by atoms with Gasteiger partial charge in [0.2, 0.25) is 5.91 Å². The number of carbonyl (C=O) groups excluding carboxylic acids is 3. The summed E-state index contributed by atoms with van der Waals surface area (Å²) in [6, 6.07) is 7.53. The van der Waals surface area contributed by atoms with E-state index in [1.165, 1.54) is 18.3 Å². The van der Waals surface area contributed by atoms with Gasteiger partial charge in [0, 0.05) is 34.8 Å². The summed E-state index contributed by atoms with van der Waals surface area (Å²) in [6.07, 6.45) is -1.02. The van der Waals surface area contributed by atoms with E-state index in [2.05, 4.69) is 15.5 Å². The SMILES string of the molecule is Cc1sc(NC(=O)C(C)(C)C)c(C(=O)OC(C)C(=O)Nc2ccc(N3CCOCC3)cc2)c1C. The zero-order valence-corrected chi connectivity index (χ0v) is 21.4. The number of hydrogen-bond donors (Lipinski definition) is 2. The topological polar surface area (TPSA) is 97.0 Å². The second-order valence-corrected chi connectivity index (χ2v) is 10.6. The maximum atomic E-state index is 13.0. The maximum absolute atomic E-state index is 13.0. The fourth-order valence-corrected chi connectivity index (χ4v) is 4.39. The average molecular weight is 488 g/mol. The molecule has 1 fully saturated rings. The highest BCUT2D eigenvalue weighted by molar-refractivity contribution is 7.16. The van der Waals surface area contributed by atoms with Crippen LogP contribution in [-0.4, -0.2) is 50.2 Å². The molecule has 3 rings (SSSR count). The van der Waals surface area contributed by atoms with E-state index >= 15 is 0 Å². The van der Waals surface area contributed by atoms with Gasteiger partial charge in [-0.1, -0.05) is 20.8 Å². The van der Waals surface area contributed by atoms with E-state index in [-0.39, 0.29) is 11.5 Å². The third kappa shape index (κ3) is 6.15. The lowest BCUT2D eigenvalue weighted by Gasteiger charge is -2.28. The van der Waals surface area contributed by atoms with Gasteiger partial charge in [0.15, 0.2) is 6.10 Å². The molecule has 0 aliphatic carbocycles. The number of carbonyl (C=O) groups is 3. The third-order valence-electron chi connectivity index (χ3n) is 5.66. The van der Waals surface area contributed by atoms with Gasteiger partial charge in [0.05, 0.1) is 18.8 Å². The fourth-order valence-electron chi connectivity index (χ4n) is 3.35. The van der Waals surface area contributed by atoms with Crippen molar-refractivity contribution in [2.45, 2.75) is 47.6 Å². The first-order valence-electron chi connectivity index (χ1n) is 11.3. The molecule has 0 saturated carbocycles. The summed E-state index contributed by atoms with van der Waals surface area (Å²) < 4.78 is 10.9. The van der Waals surface area contributed by atoms with E-state index < -0.39 is 23.4 Å². The van der Waals surface area contributed by atoms with E-state index in [0.29, 0.717) is 23.9 Å². The molecule has 2 heterocycles. The number of morpholine rings is 1. The number of ether oxygens (including phenoxy) is 2. The number of anilines is 3. The molecule has 1 saturated heterocycles. The Hall–Kier alpha value is -2.91. The Morgan fingerprint density at radius 1 is 1.06 bits per heavy atom. The third-order valence-corrected chi connectivity index (χ3v) is 6.78. The molecule has 2 amide bonds. The smallest absolute Gasteiger partial charge is 0.342 e. The Balaban J connectivity index is 1.64. The van der Waals surface area contributed by atoms with Crippen molar-refractivity contribution in [1.82, 2.24) is 0 Å². The van der Waals surface area contributed by atoms with Gasteiger partial charge in [-0.3, -0.25) is 9.59 Å². The quantitative estimate of drug-likeness (QED) is 0.588. The molecule has 0 bridgehead atoms. The highest BCUT2D eigenvalue weighted by atomic mass is 32.1. The summed E-state index contributed by atoms with van der Waals surface area (Å²) in [4.78, 5) is 41.2. The van der Waals surface area contributed by atoms with Crippen molar-refractivity contribution in [2.24, 2.45) is 5.41 Å². The van der Waals surface area contributed by atoms with Gasteiger partial charge in [-0.2, -0.15) is 0 Å². The zero-order chi connectivity index (χ0) is 25.0. The molecule has 1 aromatic carbocycles. The number of nitrogens with one attached hydrogen (secondary N) is 2. The maximum Gasteiger partial charge on any atom is 0.342 e. The standard InChI is InChI=1S/C25H33N3O5S/c1-15-17(3)34-22(27-24(31)25(4,5)6)20(15)23(30)33-16(2)21(29)26-18-7-9-19(10-8-18)28-11-13-32-14-12-28/h7-10,16H,11-14H2,1-6H3,(H,26,29)(H,27,31). The Bertz CT molecular complexity index is 1050. The molecule has 1 aromatic heterocycles. The lowest BCUT2D eigenvalue weighted by atomic mass is 9.96. The minimum Gasteiger partial charge on any atom is -0.449 e. The molecule has 34 heavy (non-hydrogen) atoms. The van der Waals surface area contributed by atoms with Crippen LogP contribution in [-0.2, 0) is 19.1 Å². The van der Waals surface area contributed by atoms with E-state index in [1.807, 2.05) is 31.2 Å². The summed E-state index contributed by atoms with van der Waals surface area (Å²) in [5.74, 6) is -1.28. The van der Waals surface area contributed by atoms with Crippen LogP contribution in [0.3, 0.4) is 0 Å². The van der Waals surface area contributed by atoms with Crippen molar-refractivity contribution in [3.05, 3.63) is 40.3 Å². The number of amides is 2. The highest BCUT2D eigenvalue weighted by Crippen LogP contribution is 2.34. The molecule has 0 spiro atoms. The predicted molar refractivity (Wildman–Crippen MR) is 135 cm³/mol. The number of nitrogens with zero attached hydrogens (tertiary/aromatic N) is 1. The Morgan fingerprint density at radius 2 is 1.68 bits per heavy atom. The second kappa shape index (κ2) is 10.6. The number of aryl methyl sites for hydroxylation is 1. The first-order valence-corrected chi connectivity index (χ1v) is 12.1. The predicted octanol–water partition coefficient (Wildman–Crippen LogP) is 4.37. The van der Waals surface area contributed by atoms with Gasteiger partial charge in [-0.15, -0.1) is 11.3 Å². The fraction of sp³-hybridized carbons (Fsp3) is 0.480. The summed E-state index contributed by atoms with van der Waals surface area (Å²) >= 11 is 1.32. The summed E-state index contributed by atoms with van der Waals surface area (Å²) in [7, 11) is 0. The van der Waals surface area contributed by atoms with Crippen LogP contribution in [0.25, 0.3) is 0 Å². The molecule has 1 aliphatic rings. The van der Waals surface area contributed by atoms with Crippen molar-refractivity contribution in [1.29, 1.82) is 0 Å². The normalized spacial score (nSPS) is 14.9. The minimum atomic E-state index is -1.02. The summed E-state index contributed by atoms with van der Waals surface area (Å²) in [5, 5.41) is 6.06. The molecule has 184 valence electrons. The zero-order valence-electron chi connectivity index (χ0n) is 20.6. The second-order valence-electron chi connectivity index (χ2n) is 9.37. The van der Waals surface area contributed by atoms with E-state index in [1.54, 1.807) is 27.7 Å². The molecule has 0 radical (unpaired) electrons. The Morgan fingerprint density at radius 3 is 2.26 bits per heavy atom. The van der Waals surface area contributed by atoms with E-state index in [9.17, 15) is 14.4 Å². The summed E-state index contributed by atoms with van der Waals surface area (Å²) in [6.45, 7) is 13.7. The van der Waals surface area contributed by atoms with Crippen LogP contribution < -0.4 is 15.5 Å². The minimum absolute atomic E-state index is 0.200. The van der Waals surface area contributed by atoms with Crippen LogP contribution in [0.4, 0.5) is 16.4 Å². The molecule has 2 N–H and O–H groups in total. The lowest BCUT2D eigenvalue weighted by Crippen LogP contribution is -2.36. The average Bonchev–Trinajstić information content (AvgIpc) is 3.07. The highest BCUT2D eigenvalue weighted by Gasteiger charge is 2.28. The Labute approximate surface area is 204 Å². The van der Waals surface area contributed by atoms with Crippen molar-refractivity contribution in [3.8, 4) is 0 Å². The lowest BCUT2D eigenvalue weighted by molar-refractivity contribution is -0.124.